The maximum atomic E-state index is 14.4. The van der Waals surface area contributed by atoms with Crippen molar-refractivity contribution in [2.45, 2.75) is 63.3 Å². The summed E-state index contributed by atoms with van der Waals surface area (Å²) < 4.78 is 28.8. The third-order valence-corrected chi connectivity index (χ3v) is 6.65. The number of rotatable bonds is 9. The summed E-state index contributed by atoms with van der Waals surface area (Å²) in [6.07, 6.45) is 16.8. The maximum absolute atomic E-state index is 14.4. The van der Waals surface area contributed by atoms with E-state index in [1.165, 1.54) is 0 Å². The minimum Gasteiger partial charge on any atom is -0.327 e. The number of unbranched alkanes of at least 4 members (excludes halogenated alkanes) is 1. The average Bonchev–Trinajstić information content (AvgIpc) is 3.05. The predicted octanol–water partition coefficient (Wildman–Crippen LogP) is 6.70. The number of nitrogens with two attached hydrogens (primary N) is 1. The fourth-order valence-corrected chi connectivity index (χ4v) is 4.75. The van der Waals surface area contributed by atoms with Crippen LogP contribution in [0.2, 0.25) is 0 Å². The van der Waals surface area contributed by atoms with Crippen molar-refractivity contribution in [1.82, 2.24) is 14.9 Å². The van der Waals surface area contributed by atoms with Crippen LogP contribution in [0.5, 0.6) is 0 Å². The van der Waals surface area contributed by atoms with Crippen LogP contribution in [-0.2, 0) is 0 Å². The van der Waals surface area contributed by atoms with Gasteiger partial charge in [-0.2, -0.15) is 0 Å². The maximum Gasteiger partial charge on any atom is 0.249 e. The van der Waals surface area contributed by atoms with Crippen LogP contribution in [0.15, 0.2) is 60.4 Å². The molecular formula is C31H37F2N5. The summed E-state index contributed by atoms with van der Waals surface area (Å²) in [6, 6.07) is 9.74. The van der Waals surface area contributed by atoms with E-state index >= 15 is 0 Å². The zero-order chi connectivity index (χ0) is 27.7. The highest BCUT2D eigenvalue weighted by Crippen LogP contribution is 2.40. The zero-order valence-corrected chi connectivity index (χ0v) is 22.5. The molecule has 0 aliphatic heterocycles. The van der Waals surface area contributed by atoms with Crippen molar-refractivity contribution in [3.05, 3.63) is 72.2 Å². The number of aromatic nitrogens is 2. The number of aliphatic imine (C=N–C) groups is 1. The highest BCUT2D eigenvalue weighted by Gasteiger charge is 2.37. The molecule has 0 saturated heterocycles. The summed E-state index contributed by atoms with van der Waals surface area (Å²) >= 11 is 0. The van der Waals surface area contributed by atoms with Crippen molar-refractivity contribution in [3.63, 3.8) is 0 Å². The van der Waals surface area contributed by atoms with Gasteiger partial charge in [0.05, 0.1) is 5.69 Å². The second-order valence-electron chi connectivity index (χ2n) is 9.73. The van der Waals surface area contributed by atoms with E-state index in [0.717, 1.165) is 46.4 Å². The third-order valence-electron chi connectivity index (χ3n) is 6.65. The Balaban J connectivity index is 2.15. The standard InChI is InChI=1S/C31H37F2N5/c1-6-9-11-26(19-35-4)28-20-36-30(37-29(28)24-14-15-31(32,33)18-27(34)17-24)25-13-10-12-23(16-25)22(7-2)21-38(5)8-3/h3,7,10-13,16,19-21,24,27H,2,6,9,14-15,17-18,34H2,1,4-5H3/b22-21+,26-11+,35-19?/t24?,27-/m0/s1. The van der Waals surface area contributed by atoms with Crippen LogP contribution < -0.4 is 5.73 Å². The predicted molar refractivity (Wildman–Crippen MR) is 154 cm³/mol. The van der Waals surface area contributed by atoms with Crippen molar-refractivity contribution >= 4 is 17.4 Å². The van der Waals surface area contributed by atoms with Crippen LogP contribution in [0.3, 0.4) is 0 Å². The van der Waals surface area contributed by atoms with Gasteiger partial charge in [0.1, 0.15) is 0 Å². The quantitative estimate of drug-likeness (QED) is 0.132. The first-order valence-corrected chi connectivity index (χ1v) is 13.0. The normalized spacial score (nSPS) is 20.1. The van der Waals surface area contributed by atoms with Crippen LogP contribution in [0.4, 0.5) is 8.78 Å². The van der Waals surface area contributed by atoms with Crippen LogP contribution >= 0.6 is 0 Å². The van der Waals surface area contributed by atoms with E-state index in [-0.39, 0.29) is 18.8 Å². The summed E-state index contributed by atoms with van der Waals surface area (Å²) in [4.78, 5) is 15.6. The van der Waals surface area contributed by atoms with E-state index in [9.17, 15) is 8.78 Å². The van der Waals surface area contributed by atoms with E-state index in [1.54, 1.807) is 37.5 Å². The minimum atomic E-state index is -2.77. The van der Waals surface area contributed by atoms with Gasteiger partial charge in [-0.05, 0) is 42.0 Å². The molecule has 1 aliphatic rings. The molecule has 1 aromatic carbocycles. The van der Waals surface area contributed by atoms with Gasteiger partial charge in [-0.1, -0.05) is 56.7 Å². The molecule has 38 heavy (non-hydrogen) atoms. The number of hydrogen-bond donors (Lipinski definition) is 1. The van der Waals surface area contributed by atoms with E-state index in [1.807, 2.05) is 30.5 Å². The molecule has 0 spiro atoms. The fraction of sp³-hybridized carbons (Fsp3) is 0.387. The molecule has 0 radical (unpaired) electrons. The van der Waals surface area contributed by atoms with Crippen molar-refractivity contribution in [2.24, 2.45) is 10.7 Å². The van der Waals surface area contributed by atoms with Crippen molar-refractivity contribution in [1.29, 1.82) is 0 Å². The molecule has 1 aromatic heterocycles. The van der Waals surface area contributed by atoms with E-state index in [0.29, 0.717) is 18.7 Å². The minimum absolute atomic E-state index is 0.217. The number of terminal acetylenes is 1. The number of allylic oxidation sites excluding steroid dienone is 4. The van der Waals surface area contributed by atoms with Gasteiger partial charge in [-0.15, -0.1) is 0 Å². The molecule has 0 bridgehead atoms. The molecular weight excluding hydrogens is 480 g/mol. The van der Waals surface area contributed by atoms with Gasteiger partial charge in [0, 0.05) is 74.7 Å². The van der Waals surface area contributed by atoms with Crippen LogP contribution in [0, 0.1) is 12.5 Å². The molecule has 2 N–H and O–H groups in total. The highest BCUT2D eigenvalue weighted by atomic mass is 19.3. The largest absolute Gasteiger partial charge is 0.327 e. The lowest BCUT2D eigenvalue weighted by atomic mass is 9.89. The molecule has 0 amide bonds. The molecule has 1 aliphatic carbocycles. The molecule has 200 valence electrons. The lowest BCUT2D eigenvalue weighted by Crippen LogP contribution is -2.28. The first-order valence-electron chi connectivity index (χ1n) is 13.0. The zero-order valence-electron chi connectivity index (χ0n) is 22.5. The van der Waals surface area contributed by atoms with Crippen molar-refractivity contribution < 1.29 is 8.78 Å². The summed E-state index contributed by atoms with van der Waals surface area (Å²) in [5.41, 5.74) is 11.2. The van der Waals surface area contributed by atoms with Crippen LogP contribution in [0.25, 0.3) is 22.5 Å². The van der Waals surface area contributed by atoms with E-state index in [2.05, 4.69) is 30.6 Å². The summed E-state index contributed by atoms with van der Waals surface area (Å²) in [7, 11) is 3.50. The Hall–Kier alpha value is -3.63. The summed E-state index contributed by atoms with van der Waals surface area (Å²) in [5, 5.41) is 0. The number of hydrogen-bond acceptors (Lipinski definition) is 5. The van der Waals surface area contributed by atoms with Crippen molar-refractivity contribution in [3.8, 4) is 23.9 Å². The number of benzene rings is 1. The van der Waals surface area contributed by atoms with Gasteiger partial charge in [0.2, 0.25) is 5.92 Å². The Bertz CT molecular complexity index is 1260. The fourth-order valence-electron chi connectivity index (χ4n) is 4.75. The smallest absolute Gasteiger partial charge is 0.249 e. The topological polar surface area (TPSA) is 67.4 Å². The van der Waals surface area contributed by atoms with Crippen molar-refractivity contribution in [2.75, 3.05) is 14.1 Å². The molecule has 1 unspecified atom stereocenters. The molecule has 1 heterocycles. The van der Waals surface area contributed by atoms with Gasteiger partial charge in [-0.25, -0.2) is 18.7 Å². The number of halogens is 2. The Labute approximate surface area is 225 Å². The number of nitrogens with zero attached hydrogens (tertiary/aromatic N) is 4. The van der Waals surface area contributed by atoms with Crippen LogP contribution in [-0.4, -0.2) is 47.1 Å². The van der Waals surface area contributed by atoms with Gasteiger partial charge in [-0.3, -0.25) is 4.99 Å². The first-order chi connectivity index (χ1) is 18.2. The first kappa shape index (κ1) is 28.9. The van der Waals surface area contributed by atoms with E-state index in [4.69, 9.17) is 22.1 Å². The second kappa shape index (κ2) is 13.3. The monoisotopic (exact) mass is 517 g/mol. The third kappa shape index (κ3) is 7.45. The van der Waals surface area contributed by atoms with Gasteiger partial charge < -0.3 is 10.6 Å². The Morgan fingerprint density at radius 1 is 1.37 bits per heavy atom. The molecule has 2 atom stereocenters. The summed E-state index contributed by atoms with van der Waals surface area (Å²) in [6.45, 7) is 6.02. The SMILES string of the molecule is C#CN(C)/C=C(\C=C)c1cccc(-c2ncc(/C(C=NC)=C/CCC)c(C3CCC(F)(F)C[C@@H](N)C3)n2)c1. The lowest BCUT2D eigenvalue weighted by Gasteiger charge is -2.21. The van der Waals surface area contributed by atoms with Crippen LogP contribution in [0.1, 0.15) is 68.2 Å². The molecule has 5 nitrogen and oxygen atoms in total. The molecule has 2 aromatic rings. The molecule has 3 rings (SSSR count). The summed E-state index contributed by atoms with van der Waals surface area (Å²) in [5.74, 6) is -2.47. The lowest BCUT2D eigenvalue weighted by molar-refractivity contribution is -0.0175. The number of alkyl halides is 2. The van der Waals surface area contributed by atoms with Gasteiger partial charge in [0.15, 0.2) is 5.82 Å². The Morgan fingerprint density at radius 2 is 2.16 bits per heavy atom. The molecule has 7 heteroatoms. The highest BCUT2D eigenvalue weighted by molar-refractivity contribution is 6.10. The average molecular weight is 518 g/mol. The molecule has 1 fully saturated rings. The van der Waals surface area contributed by atoms with Gasteiger partial charge in [0.25, 0.3) is 0 Å². The molecule has 1 saturated carbocycles. The van der Waals surface area contributed by atoms with Gasteiger partial charge >= 0.3 is 0 Å². The Kier molecular flexibility index (Phi) is 10.1. The second-order valence-corrected chi connectivity index (χ2v) is 9.73. The Morgan fingerprint density at radius 3 is 2.84 bits per heavy atom. The van der Waals surface area contributed by atoms with E-state index < -0.39 is 12.0 Å².